The molecule has 4 heteroatoms. The molecular weight excluding hydrogens is 599 g/mol. The summed E-state index contributed by atoms with van der Waals surface area (Å²) in [4.78, 5) is 18.8. The normalized spacial score (nSPS) is 16.5. The van der Waals surface area contributed by atoms with Crippen LogP contribution in [0, 0.1) is 0 Å². The van der Waals surface area contributed by atoms with Gasteiger partial charge in [-0.05, 0) is 95.1 Å². The van der Waals surface area contributed by atoms with Crippen molar-refractivity contribution in [1.82, 2.24) is 4.57 Å². The summed E-state index contributed by atoms with van der Waals surface area (Å²) >= 11 is 0. The maximum absolute atomic E-state index is 14.4. The highest BCUT2D eigenvalue weighted by atomic mass is 16.2. The van der Waals surface area contributed by atoms with Gasteiger partial charge in [-0.2, -0.15) is 0 Å². The second-order valence-electron chi connectivity index (χ2n) is 12.9. The van der Waals surface area contributed by atoms with Crippen LogP contribution in [0.25, 0.3) is 38.6 Å². The number of fused-ring (bicyclic) bond motifs is 8. The van der Waals surface area contributed by atoms with Gasteiger partial charge in [0.15, 0.2) is 0 Å². The number of hydrogen-bond donors (Lipinski definition) is 0. The van der Waals surface area contributed by atoms with Gasteiger partial charge in [0.25, 0.3) is 5.91 Å². The summed E-state index contributed by atoms with van der Waals surface area (Å²) in [5, 5.41) is 2.46. The molecule has 49 heavy (non-hydrogen) atoms. The number of carbonyl (C=O) groups excluding carboxylic acids is 1. The van der Waals surface area contributed by atoms with Crippen LogP contribution in [0.2, 0.25) is 0 Å². The van der Waals surface area contributed by atoms with Gasteiger partial charge in [-0.3, -0.25) is 9.69 Å². The average molecular weight is 630 g/mol. The van der Waals surface area contributed by atoms with Crippen LogP contribution < -0.4 is 9.80 Å². The van der Waals surface area contributed by atoms with E-state index in [9.17, 15) is 4.79 Å². The van der Waals surface area contributed by atoms with Crippen LogP contribution in [0.15, 0.2) is 176 Å². The first kappa shape index (κ1) is 27.7. The van der Waals surface area contributed by atoms with Crippen LogP contribution in [0.3, 0.4) is 0 Å². The number of anilines is 3. The third-order valence-electron chi connectivity index (χ3n) is 10.3. The summed E-state index contributed by atoms with van der Waals surface area (Å²) < 4.78 is 2.35. The Morgan fingerprint density at radius 2 is 1.00 bits per heavy atom. The molecule has 0 aliphatic carbocycles. The topological polar surface area (TPSA) is 28.5 Å². The van der Waals surface area contributed by atoms with Crippen LogP contribution in [0.5, 0.6) is 0 Å². The number of para-hydroxylation sites is 4. The van der Waals surface area contributed by atoms with Gasteiger partial charge in [0.05, 0.1) is 17.0 Å². The standard InChI is InChI=1S/C45H31N3O/c49-45-37-22-11-10-21-36(37)43-39-29-31(25-27-42(39)47(33-16-6-2-7-17-33)44(43)48(45)34-18-8-3-9-19-34)30-24-26-41-38(28-30)35-20-12-13-23-40(35)46(41)32-14-4-1-5-15-32/h1-29,43-44H. The quantitative estimate of drug-likeness (QED) is 0.194. The lowest BCUT2D eigenvalue weighted by Crippen LogP contribution is -2.53. The molecule has 1 amide bonds. The van der Waals surface area contributed by atoms with Crippen molar-refractivity contribution in [3.63, 3.8) is 0 Å². The molecule has 0 spiro atoms. The molecule has 7 aromatic carbocycles. The molecule has 0 saturated carbocycles. The predicted octanol–water partition coefficient (Wildman–Crippen LogP) is 10.7. The van der Waals surface area contributed by atoms with Gasteiger partial charge in [0.1, 0.15) is 6.17 Å². The number of aromatic nitrogens is 1. The van der Waals surface area contributed by atoms with E-state index >= 15 is 0 Å². The van der Waals surface area contributed by atoms with Crippen molar-refractivity contribution in [1.29, 1.82) is 0 Å². The van der Waals surface area contributed by atoms with E-state index in [0.717, 1.165) is 39.4 Å². The minimum atomic E-state index is -0.260. The molecule has 1 aromatic heterocycles. The second kappa shape index (κ2) is 10.8. The summed E-state index contributed by atoms with van der Waals surface area (Å²) in [5.41, 5.74) is 12.0. The Hall–Kier alpha value is -6.39. The molecular formula is C45H31N3O. The van der Waals surface area contributed by atoms with Crippen molar-refractivity contribution in [2.75, 3.05) is 9.80 Å². The fraction of sp³-hybridized carbons (Fsp3) is 0.0444. The third kappa shape index (κ3) is 4.14. The molecule has 2 aliphatic rings. The first-order valence-corrected chi connectivity index (χ1v) is 16.8. The zero-order chi connectivity index (χ0) is 32.5. The van der Waals surface area contributed by atoms with E-state index < -0.39 is 0 Å². The Bertz CT molecular complexity index is 2540. The highest BCUT2D eigenvalue weighted by molar-refractivity contribution is 6.12. The Morgan fingerprint density at radius 3 is 1.76 bits per heavy atom. The van der Waals surface area contributed by atoms with Crippen LogP contribution in [-0.2, 0) is 0 Å². The van der Waals surface area contributed by atoms with Crippen LogP contribution >= 0.6 is 0 Å². The molecule has 2 atom stereocenters. The van der Waals surface area contributed by atoms with Gasteiger partial charge in [0.2, 0.25) is 0 Å². The van der Waals surface area contributed by atoms with Gasteiger partial charge < -0.3 is 9.47 Å². The van der Waals surface area contributed by atoms with E-state index in [4.69, 9.17) is 0 Å². The van der Waals surface area contributed by atoms with Crippen LogP contribution in [-0.4, -0.2) is 16.6 Å². The second-order valence-corrected chi connectivity index (χ2v) is 12.9. The Balaban J connectivity index is 1.19. The zero-order valence-corrected chi connectivity index (χ0v) is 26.6. The van der Waals surface area contributed by atoms with Crippen molar-refractivity contribution in [2.24, 2.45) is 0 Å². The van der Waals surface area contributed by atoms with E-state index in [1.54, 1.807) is 0 Å². The van der Waals surface area contributed by atoms with Gasteiger partial charge in [0, 0.05) is 39.1 Å². The first-order valence-electron chi connectivity index (χ1n) is 16.8. The van der Waals surface area contributed by atoms with Gasteiger partial charge in [-0.1, -0.05) is 103 Å². The lowest BCUT2D eigenvalue weighted by atomic mass is 9.82. The Labute approximate surface area is 284 Å². The summed E-state index contributed by atoms with van der Waals surface area (Å²) in [6.07, 6.45) is -0.260. The van der Waals surface area contributed by atoms with Crippen molar-refractivity contribution in [2.45, 2.75) is 12.1 Å². The molecule has 10 rings (SSSR count). The van der Waals surface area contributed by atoms with Gasteiger partial charge in [-0.15, -0.1) is 0 Å². The Kier molecular flexibility index (Phi) is 6.12. The van der Waals surface area contributed by atoms with Crippen molar-refractivity contribution in [3.8, 4) is 16.8 Å². The molecule has 0 radical (unpaired) electrons. The molecule has 2 unspecified atom stereocenters. The smallest absolute Gasteiger partial charge is 0.260 e. The molecule has 0 saturated heterocycles. The van der Waals surface area contributed by atoms with E-state index in [1.807, 2.05) is 53.4 Å². The number of benzene rings is 7. The van der Waals surface area contributed by atoms with E-state index in [0.29, 0.717) is 0 Å². The molecule has 0 N–H and O–H groups in total. The van der Waals surface area contributed by atoms with Crippen LogP contribution in [0.1, 0.15) is 27.4 Å². The van der Waals surface area contributed by atoms with E-state index in [1.165, 1.54) is 32.9 Å². The predicted molar refractivity (Wildman–Crippen MR) is 200 cm³/mol. The first-order chi connectivity index (χ1) is 24.3. The lowest BCUT2D eigenvalue weighted by Gasteiger charge is -2.43. The number of amides is 1. The monoisotopic (exact) mass is 629 g/mol. The van der Waals surface area contributed by atoms with Crippen molar-refractivity contribution in [3.05, 3.63) is 193 Å². The largest absolute Gasteiger partial charge is 0.319 e. The summed E-state index contributed by atoms with van der Waals surface area (Å²) in [6.45, 7) is 0. The van der Waals surface area contributed by atoms with E-state index in [2.05, 4.69) is 137 Å². The molecule has 0 fully saturated rings. The fourth-order valence-corrected chi connectivity index (χ4v) is 8.21. The van der Waals surface area contributed by atoms with Gasteiger partial charge >= 0.3 is 0 Å². The molecule has 0 bridgehead atoms. The van der Waals surface area contributed by atoms with Gasteiger partial charge in [-0.25, -0.2) is 0 Å². The molecule has 4 nitrogen and oxygen atoms in total. The highest BCUT2D eigenvalue weighted by Crippen LogP contribution is 2.54. The molecule has 3 heterocycles. The maximum atomic E-state index is 14.4. The zero-order valence-electron chi connectivity index (χ0n) is 26.6. The van der Waals surface area contributed by atoms with Crippen molar-refractivity contribution >= 4 is 44.8 Å². The average Bonchev–Trinajstić information content (AvgIpc) is 3.68. The maximum Gasteiger partial charge on any atom is 0.260 e. The number of rotatable bonds is 4. The highest BCUT2D eigenvalue weighted by Gasteiger charge is 2.50. The number of nitrogens with zero attached hydrogens (tertiary/aromatic N) is 3. The molecule has 2 aliphatic heterocycles. The summed E-state index contributed by atoms with van der Waals surface area (Å²) in [5.74, 6) is -0.0229. The fourth-order valence-electron chi connectivity index (χ4n) is 8.21. The molecule has 8 aromatic rings. The molecule has 232 valence electrons. The summed E-state index contributed by atoms with van der Waals surface area (Å²) in [7, 11) is 0. The van der Waals surface area contributed by atoms with E-state index in [-0.39, 0.29) is 18.0 Å². The van der Waals surface area contributed by atoms with Crippen LogP contribution in [0.4, 0.5) is 17.1 Å². The lowest BCUT2D eigenvalue weighted by molar-refractivity contribution is 0.0966. The number of carbonyl (C=O) groups is 1. The minimum absolute atomic E-state index is 0.0252. The Morgan fingerprint density at radius 1 is 0.429 bits per heavy atom. The SMILES string of the molecule is O=C1c2ccccc2C2c3cc(-c4ccc5c(c4)c4ccccc4n5-c4ccccc4)ccc3N(c3ccccc3)C2N1c1ccccc1. The summed E-state index contributed by atoms with van der Waals surface area (Å²) in [6, 6.07) is 61.7. The van der Waals surface area contributed by atoms with Crippen molar-refractivity contribution < 1.29 is 4.79 Å². The third-order valence-corrected chi connectivity index (χ3v) is 10.3. The minimum Gasteiger partial charge on any atom is -0.319 e. The number of hydrogen-bond acceptors (Lipinski definition) is 2.